The Labute approximate surface area is 182 Å². The fourth-order valence-electron chi connectivity index (χ4n) is 0.972. The molecule has 0 bridgehead atoms. The van der Waals surface area contributed by atoms with Gasteiger partial charge in [0.1, 0.15) is 0 Å². The van der Waals surface area contributed by atoms with Crippen molar-refractivity contribution < 1.29 is 117 Å². The van der Waals surface area contributed by atoms with E-state index in [1.54, 1.807) is 0 Å². The van der Waals surface area contributed by atoms with E-state index in [2.05, 4.69) is 0 Å². The molecule has 0 atom stereocenters. The second-order valence-corrected chi connectivity index (χ2v) is 11.2. The first-order valence-electron chi connectivity index (χ1n) is 4.91. The van der Waals surface area contributed by atoms with E-state index in [1.807, 2.05) is 0 Å². The van der Waals surface area contributed by atoms with Crippen LogP contribution in [0, 0.1) is 0 Å². The summed E-state index contributed by atoms with van der Waals surface area (Å²) in [5.74, 6) is -7.38. The summed E-state index contributed by atoms with van der Waals surface area (Å²) in [6.07, 6.45) is 0. The Morgan fingerprint density at radius 2 is 1.03 bits per heavy atom. The molecule has 0 saturated heterocycles. The number of sulfone groups is 2. The number of hydrogen-bond acceptors (Lipinski definition) is 11. The second kappa shape index (κ2) is 9.87. The van der Waals surface area contributed by atoms with Gasteiger partial charge in [0.2, 0.25) is 19.7 Å². The van der Waals surface area contributed by atoms with Crippen molar-refractivity contribution in [3.8, 4) is 0 Å². The molecule has 1 N–H and O–H groups in total. The molecule has 0 rings (SSSR count). The van der Waals surface area contributed by atoms with Crippen LogP contribution >= 0.6 is 0 Å². The summed E-state index contributed by atoms with van der Waals surface area (Å²) in [7, 11) is -27.6. The molecule has 0 amide bonds. The molecule has 0 radical (unpaired) electrons. The van der Waals surface area contributed by atoms with Crippen molar-refractivity contribution in [2.75, 3.05) is 5.08 Å². The first-order valence-corrected chi connectivity index (χ1v) is 10.7. The fourth-order valence-corrected chi connectivity index (χ4v) is 6.34. The second-order valence-electron chi connectivity index (χ2n) is 4.11. The van der Waals surface area contributed by atoms with Crippen LogP contribution in [-0.2, 0) is 48.9 Å². The Balaban J connectivity index is -0.00000104. The standard InChI is InChI=1S/C5H3F8O9S4.2Li.H2O/c6-2(7,3(8,9)23(14)15)4(10,11)24(16,17)1-25(18,19)5(12,13)26(20,21)22;;;/h1H2,(H,20,21,22);;;1H2/q-1;2*+1;/p-2. The van der Waals surface area contributed by atoms with Gasteiger partial charge in [0, 0.05) is 0 Å². The van der Waals surface area contributed by atoms with E-state index >= 15 is 0 Å². The molecule has 24 heteroatoms. The Kier molecular flexibility index (Phi) is 12.5. The van der Waals surface area contributed by atoms with Crippen LogP contribution in [0.1, 0.15) is 0 Å². The van der Waals surface area contributed by atoms with Gasteiger partial charge in [-0.25, -0.2) is 34.0 Å². The SMILES string of the molecule is O=[S-](=O)C(F)(F)C(F)(F)C(F)(F)S(=O)(=O)CS(=O)(=O)C(F)(F)S(=O)(=O)[O-].[Li+].[Li+].[OH-]. The number of alkyl halides is 8. The molecule has 0 spiro atoms. The maximum Gasteiger partial charge on any atom is 1.00 e. The number of rotatable bonds is 8. The Hall–Kier alpha value is 0.355. The maximum absolute atomic E-state index is 13.2. The number of halogens is 8. The monoisotopic (exact) mass is 517 g/mol. The van der Waals surface area contributed by atoms with Gasteiger partial charge in [0.25, 0.3) is 0 Å². The summed E-state index contributed by atoms with van der Waals surface area (Å²) in [5.41, 5.74) is 0. The van der Waals surface area contributed by atoms with E-state index in [4.69, 9.17) is 0 Å². The van der Waals surface area contributed by atoms with Crippen molar-refractivity contribution in [3.63, 3.8) is 0 Å². The predicted octanol–water partition coefficient (Wildman–Crippen LogP) is -6.17. The van der Waals surface area contributed by atoms with Crippen LogP contribution in [0.2, 0.25) is 0 Å². The van der Waals surface area contributed by atoms with Crippen LogP contribution in [0.25, 0.3) is 0 Å². The van der Waals surface area contributed by atoms with Crippen LogP contribution < -0.4 is 37.7 Å². The molecule has 0 heterocycles. The average Bonchev–Trinajstić information content (AvgIpc) is 2.34. The zero-order valence-corrected chi connectivity index (χ0v) is 16.8. The molecule has 0 aliphatic heterocycles. The largest absolute Gasteiger partial charge is 1.00 e. The molecule has 0 aromatic heterocycles. The van der Waals surface area contributed by atoms with Crippen molar-refractivity contribution in [2.24, 2.45) is 0 Å². The summed E-state index contributed by atoms with van der Waals surface area (Å²) < 4.78 is 191. The molecule has 0 aromatic carbocycles. The Morgan fingerprint density at radius 3 is 1.28 bits per heavy atom. The zero-order chi connectivity index (χ0) is 21.8. The third-order valence-corrected chi connectivity index (χ3v) is 9.17. The van der Waals surface area contributed by atoms with E-state index in [0.29, 0.717) is 0 Å². The summed E-state index contributed by atoms with van der Waals surface area (Å²) in [4.78, 5) is 0. The minimum Gasteiger partial charge on any atom is -0.870 e. The van der Waals surface area contributed by atoms with E-state index < -0.39 is 66.6 Å². The minimum absolute atomic E-state index is 0. The van der Waals surface area contributed by atoms with Crippen molar-refractivity contribution in [2.45, 2.75) is 21.0 Å². The van der Waals surface area contributed by atoms with Gasteiger partial charge in [-0.15, -0.1) is 0 Å². The van der Waals surface area contributed by atoms with Gasteiger partial charge in [0.05, 0.1) is 0 Å². The maximum atomic E-state index is 13.2. The summed E-state index contributed by atoms with van der Waals surface area (Å²) in [6.45, 7) is 0. The minimum atomic E-state index is -7.64. The Bertz CT molecular complexity index is 962. The molecule has 0 aliphatic rings. The molecule has 0 unspecified atom stereocenters. The first kappa shape index (κ1) is 36.7. The van der Waals surface area contributed by atoms with Crippen molar-refractivity contribution in [1.82, 2.24) is 0 Å². The van der Waals surface area contributed by atoms with Gasteiger partial charge in [-0.1, -0.05) is 0 Å². The predicted molar refractivity (Wildman–Crippen MR) is 62.9 cm³/mol. The van der Waals surface area contributed by atoms with Gasteiger partial charge in [-0.05, 0) is 10.7 Å². The van der Waals surface area contributed by atoms with Crippen LogP contribution in [0.3, 0.4) is 0 Å². The van der Waals surface area contributed by atoms with Crippen molar-refractivity contribution >= 4 is 40.5 Å². The van der Waals surface area contributed by atoms with Gasteiger partial charge in [0.15, 0.2) is 15.2 Å². The molecule has 29 heavy (non-hydrogen) atoms. The normalized spacial score (nSPS) is 14.4. The van der Waals surface area contributed by atoms with Gasteiger partial charge < -0.3 is 18.4 Å². The molecule has 10 nitrogen and oxygen atoms in total. The van der Waals surface area contributed by atoms with Crippen LogP contribution in [-0.4, -0.2) is 61.4 Å². The number of hydrogen-bond donors (Lipinski definition) is 0. The van der Waals surface area contributed by atoms with E-state index in [-0.39, 0.29) is 43.2 Å². The van der Waals surface area contributed by atoms with Gasteiger partial charge in [-0.2, -0.15) is 26.3 Å². The summed E-state index contributed by atoms with van der Waals surface area (Å²) >= 11 is 0. The molecule has 0 aromatic rings. The molecular formula is C5H3F8Li2O10S4-. The third kappa shape index (κ3) is 5.99. The quantitative estimate of drug-likeness (QED) is 0.130. The molecular weight excluding hydrogens is 514 g/mol. The summed E-state index contributed by atoms with van der Waals surface area (Å²) in [6, 6.07) is 0. The molecule has 0 saturated carbocycles. The third-order valence-electron chi connectivity index (χ3n) is 2.29. The smallest absolute Gasteiger partial charge is 0.870 e. The van der Waals surface area contributed by atoms with E-state index in [0.717, 1.165) is 0 Å². The first-order chi connectivity index (χ1) is 10.9. The zero-order valence-electron chi connectivity index (χ0n) is 13.5. The van der Waals surface area contributed by atoms with E-state index in [9.17, 15) is 73.3 Å². The molecule has 0 fully saturated rings. The van der Waals surface area contributed by atoms with E-state index in [1.165, 1.54) is 0 Å². The average molecular weight is 517 g/mol. The Morgan fingerprint density at radius 1 is 0.724 bits per heavy atom. The topological polar surface area (TPSA) is 190 Å². The van der Waals surface area contributed by atoms with Crippen LogP contribution in [0.5, 0.6) is 0 Å². The van der Waals surface area contributed by atoms with Gasteiger partial charge in [-0.3, -0.25) is 0 Å². The van der Waals surface area contributed by atoms with Crippen molar-refractivity contribution in [1.29, 1.82) is 0 Å². The summed E-state index contributed by atoms with van der Waals surface area (Å²) in [5, 5.41) is -18.1. The van der Waals surface area contributed by atoms with Crippen LogP contribution in [0.15, 0.2) is 0 Å². The van der Waals surface area contributed by atoms with Gasteiger partial charge >= 0.3 is 58.7 Å². The molecule has 0 aliphatic carbocycles. The fraction of sp³-hybridized carbons (Fsp3) is 1.00. The molecule has 166 valence electrons. The van der Waals surface area contributed by atoms with Crippen LogP contribution in [0.4, 0.5) is 35.1 Å². The van der Waals surface area contributed by atoms with Crippen molar-refractivity contribution in [3.05, 3.63) is 0 Å².